The summed E-state index contributed by atoms with van der Waals surface area (Å²) in [6.07, 6.45) is 0.139. The van der Waals surface area contributed by atoms with Crippen molar-refractivity contribution in [1.82, 2.24) is 0 Å². The highest BCUT2D eigenvalue weighted by Gasteiger charge is 2.17. The van der Waals surface area contributed by atoms with E-state index in [9.17, 15) is 13.6 Å². The van der Waals surface area contributed by atoms with Crippen LogP contribution in [-0.2, 0) is 0 Å². The van der Waals surface area contributed by atoms with Crippen LogP contribution in [0.1, 0.15) is 10.4 Å². The van der Waals surface area contributed by atoms with Gasteiger partial charge in [0.05, 0.1) is 12.7 Å². The molecular formula is C8H6F2O3. The lowest BCUT2D eigenvalue weighted by Crippen LogP contribution is -1.96. The van der Waals surface area contributed by atoms with Crippen molar-refractivity contribution in [3.05, 3.63) is 23.3 Å². The zero-order chi connectivity index (χ0) is 10.0. The van der Waals surface area contributed by atoms with E-state index < -0.39 is 28.7 Å². The second-order valence-corrected chi connectivity index (χ2v) is 2.26. The number of benzene rings is 1. The zero-order valence-electron chi connectivity index (χ0n) is 6.67. The molecule has 1 N–H and O–H groups in total. The van der Waals surface area contributed by atoms with E-state index in [2.05, 4.69) is 4.74 Å². The third-order valence-corrected chi connectivity index (χ3v) is 1.51. The average molecular weight is 188 g/mol. The molecule has 0 spiro atoms. The molecule has 0 saturated carbocycles. The Labute approximate surface area is 72.6 Å². The van der Waals surface area contributed by atoms with E-state index in [-0.39, 0.29) is 6.29 Å². The standard InChI is InChI=1S/C8H6F2O3/c1-13-8-6(10)4(3-11)2-5(9)7(8)12/h2-3,12H,1H3. The Hall–Kier alpha value is -1.65. The van der Waals surface area contributed by atoms with Crippen LogP contribution in [0.15, 0.2) is 6.07 Å². The van der Waals surface area contributed by atoms with E-state index in [1.54, 1.807) is 0 Å². The van der Waals surface area contributed by atoms with Crippen molar-refractivity contribution in [1.29, 1.82) is 0 Å². The average Bonchev–Trinajstić information content (AvgIpc) is 2.12. The Morgan fingerprint density at radius 3 is 2.62 bits per heavy atom. The van der Waals surface area contributed by atoms with Crippen LogP contribution in [0.5, 0.6) is 11.5 Å². The van der Waals surface area contributed by atoms with Gasteiger partial charge in [-0.05, 0) is 6.07 Å². The third kappa shape index (κ3) is 1.44. The van der Waals surface area contributed by atoms with Crippen LogP contribution in [0.4, 0.5) is 8.78 Å². The molecular weight excluding hydrogens is 182 g/mol. The number of aldehydes is 1. The number of phenols is 1. The van der Waals surface area contributed by atoms with Gasteiger partial charge in [-0.2, -0.15) is 0 Å². The number of phenolic OH excluding ortho intramolecular Hbond substituents is 1. The Morgan fingerprint density at radius 2 is 2.15 bits per heavy atom. The molecule has 0 aliphatic rings. The van der Waals surface area contributed by atoms with Gasteiger partial charge in [-0.15, -0.1) is 0 Å². The van der Waals surface area contributed by atoms with E-state index in [4.69, 9.17) is 5.11 Å². The minimum Gasteiger partial charge on any atom is -0.502 e. The van der Waals surface area contributed by atoms with Gasteiger partial charge in [-0.3, -0.25) is 4.79 Å². The topological polar surface area (TPSA) is 46.5 Å². The summed E-state index contributed by atoms with van der Waals surface area (Å²) >= 11 is 0. The molecule has 0 fully saturated rings. The second-order valence-electron chi connectivity index (χ2n) is 2.26. The molecule has 1 rings (SSSR count). The molecule has 0 bridgehead atoms. The van der Waals surface area contributed by atoms with Gasteiger partial charge < -0.3 is 9.84 Å². The van der Waals surface area contributed by atoms with E-state index in [0.717, 1.165) is 7.11 Å². The first kappa shape index (κ1) is 9.44. The van der Waals surface area contributed by atoms with Crippen molar-refractivity contribution in [3.8, 4) is 11.5 Å². The number of aromatic hydroxyl groups is 1. The molecule has 0 saturated heterocycles. The summed E-state index contributed by atoms with van der Waals surface area (Å²) in [5.41, 5.74) is -0.493. The fourth-order valence-corrected chi connectivity index (χ4v) is 0.884. The number of halogens is 2. The Balaban J connectivity index is 3.47. The molecule has 0 heterocycles. The van der Waals surface area contributed by atoms with E-state index in [0.29, 0.717) is 6.07 Å². The normalized spacial score (nSPS) is 9.77. The lowest BCUT2D eigenvalue weighted by atomic mass is 10.2. The van der Waals surface area contributed by atoms with Crippen LogP contribution in [-0.4, -0.2) is 18.5 Å². The summed E-state index contributed by atoms with van der Waals surface area (Å²) in [6, 6.07) is 0.597. The van der Waals surface area contributed by atoms with Crippen LogP contribution in [0, 0.1) is 11.6 Å². The van der Waals surface area contributed by atoms with E-state index >= 15 is 0 Å². The fourth-order valence-electron chi connectivity index (χ4n) is 0.884. The molecule has 0 atom stereocenters. The van der Waals surface area contributed by atoms with E-state index in [1.165, 1.54) is 0 Å². The Bertz CT molecular complexity index is 350. The number of hydrogen-bond acceptors (Lipinski definition) is 3. The first-order chi connectivity index (χ1) is 6.11. The van der Waals surface area contributed by atoms with Gasteiger partial charge in [0.25, 0.3) is 0 Å². The maximum absolute atomic E-state index is 13.0. The summed E-state index contributed by atoms with van der Waals surface area (Å²) in [5.74, 6) is -3.77. The molecule has 0 unspecified atom stereocenters. The molecule has 0 aliphatic heterocycles. The van der Waals surface area contributed by atoms with Gasteiger partial charge in [0.1, 0.15) is 0 Å². The quantitative estimate of drug-likeness (QED) is 0.715. The van der Waals surface area contributed by atoms with Crippen molar-refractivity contribution in [2.24, 2.45) is 0 Å². The molecule has 70 valence electrons. The zero-order valence-corrected chi connectivity index (χ0v) is 6.67. The fraction of sp³-hybridized carbons (Fsp3) is 0.125. The van der Waals surface area contributed by atoms with Gasteiger partial charge in [0, 0.05) is 0 Å². The molecule has 1 aromatic carbocycles. The maximum Gasteiger partial charge on any atom is 0.200 e. The predicted molar refractivity (Wildman–Crippen MR) is 40.0 cm³/mol. The lowest BCUT2D eigenvalue weighted by Gasteiger charge is -2.06. The first-order valence-corrected chi connectivity index (χ1v) is 3.32. The maximum atomic E-state index is 13.0. The number of methoxy groups -OCH3 is 1. The van der Waals surface area contributed by atoms with Gasteiger partial charge in [-0.25, -0.2) is 8.78 Å². The Kier molecular flexibility index (Phi) is 2.46. The number of ether oxygens (including phenoxy) is 1. The first-order valence-electron chi connectivity index (χ1n) is 3.32. The third-order valence-electron chi connectivity index (χ3n) is 1.51. The second kappa shape index (κ2) is 3.38. The summed E-state index contributed by atoms with van der Waals surface area (Å²) in [7, 11) is 1.06. The van der Waals surface area contributed by atoms with Crippen molar-refractivity contribution >= 4 is 6.29 Å². The highest BCUT2D eigenvalue weighted by Crippen LogP contribution is 2.33. The van der Waals surface area contributed by atoms with Crippen molar-refractivity contribution in [3.63, 3.8) is 0 Å². The monoisotopic (exact) mass is 188 g/mol. The van der Waals surface area contributed by atoms with Crippen LogP contribution in [0.2, 0.25) is 0 Å². The predicted octanol–water partition coefficient (Wildman–Crippen LogP) is 1.49. The molecule has 5 heteroatoms. The summed E-state index contributed by atoms with van der Waals surface area (Å²) < 4.78 is 30.1. The number of carbonyl (C=O) groups excluding carboxylic acids is 1. The molecule has 1 aromatic rings. The smallest absolute Gasteiger partial charge is 0.200 e. The summed E-state index contributed by atoms with van der Waals surface area (Å²) in [4.78, 5) is 10.2. The molecule has 13 heavy (non-hydrogen) atoms. The van der Waals surface area contributed by atoms with Crippen molar-refractivity contribution in [2.75, 3.05) is 7.11 Å². The molecule has 0 aliphatic carbocycles. The number of rotatable bonds is 2. The number of carbonyl (C=O) groups is 1. The van der Waals surface area contributed by atoms with Gasteiger partial charge in [-0.1, -0.05) is 0 Å². The minimum atomic E-state index is -1.10. The van der Waals surface area contributed by atoms with Crippen LogP contribution < -0.4 is 4.74 Å². The van der Waals surface area contributed by atoms with Crippen LogP contribution in [0.25, 0.3) is 0 Å². The summed E-state index contributed by atoms with van der Waals surface area (Å²) in [5, 5.41) is 8.94. The molecule has 0 aromatic heterocycles. The van der Waals surface area contributed by atoms with Gasteiger partial charge in [0.2, 0.25) is 0 Å². The van der Waals surface area contributed by atoms with Crippen LogP contribution in [0.3, 0.4) is 0 Å². The minimum absolute atomic E-state index is 0.139. The van der Waals surface area contributed by atoms with Crippen molar-refractivity contribution in [2.45, 2.75) is 0 Å². The van der Waals surface area contributed by atoms with Gasteiger partial charge in [0.15, 0.2) is 29.4 Å². The largest absolute Gasteiger partial charge is 0.502 e. The summed E-state index contributed by atoms with van der Waals surface area (Å²) in [6.45, 7) is 0. The van der Waals surface area contributed by atoms with E-state index in [1.807, 2.05) is 0 Å². The van der Waals surface area contributed by atoms with Crippen LogP contribution >= 0.6 is 0 Å². The molecule has 0 radical (unpaired) electrons. The molecule has 3 nitrogen and oxygen atoms in total. The number of hydrogen-bond donors (Lipinski definition) is 1. The van der Waals surface area contributed by atoms with Crippen molar-refractivity contribution < 1.29 is 23.4 Å². The SMILES string of the molecule is COc1c(O)c(F)cc(C=O)c1F. The van der Waals surface area contributed by atoms with Gasteiger partial charge >= 0.3 is 0 Å². The highest BCUT2D eigenvalue weighted by atomic mass is 19.1. The lowest BCUT2D eigenvalue weighted by molar-refractivity contribution is 0.111. The highest BCUT2D eigenvalue weighted by molar-refractivity contribution is 5.77. The molecule has 0 amide bonds. The Morgan fingerprint density at radius 1 is 1.54 bits per heavy atom.